The molecule has 1 aromatic carbocycles. The van der Waals surface area contributed by atoms with Crippen LogP contribution < -0.4 is 19.5 Å². The van der Waals surface area contributed by atoms with Crippen LogP contribution in [0.1, 0.15) is 13.8 Å². The van der Waals surface area contributed by atoms with Crippen LogP contribution in [0.5, 0.6) is 17.4 Å². The van der Waals surface area contributed by atoms with Gasteiger partial charge >= 0.3 is 11.9 Å². The van der Waals surface area contributed by atoms with Crippen molar-refractivity contribution < 1.29 is 39.1 Å². The Kier molecular flexibility index (Phi) is 13.3. The van der Waals surface area contributed by atoms with Gasteiger partial charge in [-0.1, -0.05) is 19.9 Å². The number of nitrogens with one attached hydrogen (secondary N) is 1. The summed E-state index contributed by atoms with van der Waals surface area (Å²) >= 11 is 0. The van der Waals surface area contributed by atoms with E-state index in [0.717, 1.165) is 5.75 Å². The number of aliphatic hydroxyl groups is 1. The number of aliphatic hydroxyl groups excluding tert-OH is 1. The number of aliphatic carboxylic acids is 2. The molecule has 1 heterocycles. The molecule has 0 bridgehead atoms. The standard InChI is InChI=1S/C19H26N2O4.C4H4O4/c1-15(2)21-13-16(22)14-25-18-8-6-17(7-9-18)23-11-12-24-19-5-3-4-10-20-19;5-3(6)1-2-4(7)8/h3-10,15-16,21-22H,11-14H2,1-2H3;1-2H,(H,5,6)(H,7,8). The zero-order chi connectivity index (χ0) is 24.5. The zero-order valence-corrected chi connectivity index (χ0v) is 18.6. The molecule has 4 N–H and O–H groups in total. The summed E-state index contributed by atoms with van der Waals surface area (Å²) < 4.78 is 16.6. The molecule has 0 amide bonds. The second-order valence-corrected chi connectivity index (χ2v) is 6.87. The summed E-state index contributed by atoms with van der Waals surface area (Å²) in [4.78, 5) is 23.2. The number of carboxylic acids is 2. The fourth-order valence-electron chi connectivity index (χ4n) is 2.14. The second kappa shape index (κ2) is 16.1. The third-order valence-electron chi connectivity index (χ3n) is 3.64. The topological polar surface area (TPSA) is 147 Å². The van der Waals surface area contributed by atoms with Gasteiger partial charge in [-0.15, -0.1) is 0 Å². The number of benzene rings is 1. The number of hydrogen-bond acceptors (Lipinski definition) is 8. The number of rotatable bonds is 13. The third kappa shape index (κ3) is 14.9. The molecule has 2 aromatic rings. The molecule has 180 valence electrons. The van der Waals surface area contributed by atoms with Crippen LogP contribution in [0.2, 0.25) is 0 Å². The summed E-state index contributed by atoms with van der Waals surface area (Å²) in [5, 5.41) is 28.6. The first-order valence-corrected chi connectivity index (χ1v) is 10.2. The number of hydrogen-bond donors (Lipinski definition) is 4. The largest absolute Gasteiger partial charge is 0.491 e. The maximum Gasteiger partial charge on any atom is 0.328 e. The van der Waals surface area contributed by atoms with Crippen LogP contribution in [0.25, 0.3) is 0 Å². The van der Waals surface area contributed by atoms with Crippen molar-refractivity contribution in [3.05, 3.63) is 60.8 Å². The summed E-state index contributed by atoms with van der Waals surface area (Å²) in [6.07, 6.45) is 2.26. The van der Waals surface area contributed by atoms with Crippen molar-refractivity contribution in [2.24, 2.45) is 0 Å². The minimum Gasteiger partial charge on any atom is -0.491 e. The third-order valence-corrected chi connectivity index (χ3v) is 3.64. The predicted molar refractivity (Wildman–Crippen MR) is 121 cm³/mol. The number of carbonyl (C=O) groups is 2. The highest BCUT2D eigenvalue weighted by Crippen LogP contribution is 2.17. The Labute approximate surface area is 192 Å². The van der Waals surface area contributed by atoms with Gasteiger partial charge in [0.15, 0.2) is 0 Å². The molecule has 0 saturated heterocycles. The van der Waals surface area contributed by atoms with Crippen LogP contribution in [-0.2, 0) is 9.59 Å². The highest BCUT2D eigenvalue weighted by atomic mass is 16.5. The van der Waals surface area contributed by atoms with E-state index in [2.05, 4.69) is 10.3 Å². The van der Waals surface area contributed by atoms with Gasteiger partial charge in [-0.05, 0) is 30.3 Å². The predicted octanol–water partition coefficient (Wildman–Crippen LogP) is 1.99. The van der Waals surface area contributed by atoms with Gasteiger partial charge in [0, 0.05) is 37.0 Å². The normalized spacial score (nSPS) is 11.4. The molecule has 33 heavy (non-hydrogen) atoms. The maximum atomic E-state index is 9.82. The number of nitrogens with zero attached hydrogens (tertiary/aromatic N) is 1. The molecule has 0 saturated carbocycles. The smallest absolute Gasteiger partial charge is 0.328 e. The second-order valence-electron chi connectivity index (χ2n) is 6.87. The molecule has 0 aliphatic carbocycles. The van der Waals surface area contributed by atoms with Crippen LogP contribution in [-0.4, -0.2) is 70.8 Å². The van der Waals surface area contributed by atoms with Crippen molar-refractivity contribution in [1.82, 2.24) is 10.3 Å². The SMILES string of the molecule is CC(C)NCC(O)COc1ccc(OCCOc2ccccn2)cc1.O=C(O)C=CC(=O)O. The van der Waals surface area contributed by atoms with Crippen molar-refractivity contribution in [3.63, 3.8) is 0 Å². The van der Waals surface area contributed by atoms with Crippen LogP contribution in [0.15, 0.2) is 60.8 Å². The van der Waals surface area contributed by atoms with E-state index in [-0.39, 0.29) is 6.61 Å². The lowest BCUT2D eigenvalue weighted by Crippen LogP contribution is -2.35. The number of pyridine rings is 1. The van der Waals surface area contributed by atoms with Gasteiger partial charge in [-0.2, -0.15) is 0 Å². The molecule has 1 atom stereocenters. The van der Waals surface area contributed by atoms with Crippen LogP contribution in [0, 0.1) is 0 Å². The first-order chi connectivity index (χ1) is 15.8. The van der Waals surface area contributed by atoms with Crippen LogP contribution in [0.3, 0.4) is 0 Å². The van der Waals surface area contributed by atoms with Crippen molar-refractivity contribution in [3.8, 4) is 17.4 Å². The number of carboxylic acid groups (broad SMARTS) is 2. The Balaban J connectivity index is 0.000000582. The van der Waals surface area contributed by atoms with E-state index in [9.17, 15) is 14.7 Å². The number of aromatic nitrogens is 1. The molecule has 10 heteroatoms. The van der Waals surface area contributed by atoms with Crippen molar-refractivity contribution in [1.29, 1.82) is 0 Å². The quantitative estimate of drug-likeness (QED) is 0.257. The maximum absolute atomic E-state index is 9.82. The molecule has 0 aliphatic heterocycles. The Morgan fingerprint density at radius 1 is 0.939 bits per heavy atom. The van der Waals surface area contributed by atoms with Gasteiger partial charge in [-0.25, -0.2) is 14.6 Å². The lowest BCUT2D eigenvalue weighted by Gasteiger charge is -2.15. The van der Waals surface area contributed by atoms with Crippen molar-refractivity contribution in [2.75, 3.05) is 26.4 Å². The van der Waals surface area contributed by atoms with Crippen LogP contribution in [0.4, 0.5) is 0 Å². The molecule has 1 aromatic heterocycles. The van der Waals surface area contributed by atoms with Gasteiger partial charge in [0.05, 0.1) is 0 Å². The minimum atomic E-state index is -1.26. The van der Waals surface area contributed by atoms with Crippen molar-refractivity contribution >= 4 is 11.9 Å². The molecule has 1 unspecified atom stereocenters. The highest BCUT2D eigenvalue weighted by molar-refractivity contribution is 5.89. The fourth-order valence-corrected chi connectivity index (χ4v) is 2.14. The van der Waals surface area contributed by atoms with Gasteiger partial charge in [0.2, 0.25) is 5.88 Å². The Hall–Kier alpha value is -3.63. The van der Waals surface area contributed by atoms with E-state index in [4.69, 9.17) is 24.4 Å². The highest BCUT2D eigenvalue weighted by Gasteiger charge is 2.06. The Morgan fingerprint density at radius 2 is 1.52 bits per heavy atom. The summed E-state index contributed by atoms with van der Waals surface area (Å²) in [6, 6.07) is 13.1. The average molecular weight is 462 g/mol. The van der Waals surface area contributed by atoms with Crippen molar-refractivity contribution in [2.45, 2.75) is 26.0 Å². The van der Waals surface area contributed by atoms with E-state index in [0.29, 0.717) is 49.6 Å². The van der Waals surface area contributed by atoms with Gasteiger partial charge in [0.1, 0.15) is 37.4 Å². The molecule has 0 radical (unpaired) electrons. The molecule has 0 spiro atoms. The van der Waals surface area contributed by atoms with E-state index in [1.54, 1.807) is 12.3 Å². The van der Waals surface area contributed by atoms with Gasteiger partial charge in [-0.3, -0.25) is 0 Å². The lowest BCUT2D eigenvalue weighted by atomic mass is 10.3. The minimum absolute atomic E-state index is 0.248. The van der Waals surface area contributed by atoms with E-state index in [1.807, 2.05) is 50.2 Å². The van der Waals surface area contributed by atoms with Gasteiger partial charge in [0.25, 0.3) is 0 Å². The molecular formula is C23H30N2O8. The van der Waals surface area contributed by atoms with E-state index in [1.165, 1.54) is 0 Å². The molecule has 0 fully saturated rings. The Morgan fingerprint density at radius 3 is 2.03 bits per heavy atom. The lowest BCUT2D eigenvalue weighted by molar-refractivity contribution is -0.134. The first kappa shape index (κ1) is 27.4. The fraction of sp³-hybridized carbons (Fsp3) is 0.348. The molecular weight excluding hydrogens is 432 g/mol. The average Bonchev–Trinajstić information content (AvgIpc) is 2.79. The summed E-state index contributed by atoms with van der Waals surface area (Å²) in [7, 11) is 0. The monoisotopic (exact) mass is 462 g/mol. The molecule has 10 nitrogen and oxygen atoms in total. The summed E-state index contributed by atoms with van der Waals surface area (Å²) in [5.74, 6) is -0.500. The van der Waals surface area contributed by atoms with E-state index < -0.39 is 18.0 Å². The summed E-state index contributed by atoms with van der Waals surface area (Å²) in [5.41, 5.74) is 0. The summed E-state index contributed by atoms with van der Waals surface area (Å²) in [6.45, 7) is 5.68. The zero-order valence-electron chi connectivity index (χ0n) is 18.6. The Bertz CT molecular complexity index is 825. The number of ether oxygens (including phenoxy) is 3. The van der Waals surface area contributed by atoms with E-state index >= 15 is 0 Å². The molecule has 2 rings (SSSR count). The van der Waals surface area contributed by atoms with Gasteiger partial charge < -0.3 is 34.8 Å². The first-order valence-electron chi connectivity index (χ1n) is 10.2. The molecule has 0 aliphatic rings. The van der Waals surface area contributed by atoms with Crippen LogP contribution >= 0.6 is 0 Å².